The standard InChI is InChI=1S/C10H12BrNO4S/c1-7-3-4-9(8(11)5-7)12-17(14,15)6-10(13)16-2/h3-5,12H,6H2,1-2H3. The number of sulfonamides is 1. The van der Waals surface area contributed by atoms with Crippen molar-refractivity contribution in [3.63, 3.8) is 0 Å². The van der Waals surface area contributed by atoms with Crippen LogP contribution in [0.15, 0.2) is 22.7 Å². The van der Waals surface area contributed by atoms with Crippen LogP contribution in [0.2, 0.25) is 0 Å². The van der Waals surface area contributed by atoms with Gasteiger partial charge in [0.2, 0.25) is 10.0 Å². The number of esters is 1. The molecular weight excluding hydrogens is 310 g/mol. The van der Waals surface area contributed by atoms with Crippen LogP contribution in [0.3, 0.4) is 0 Å². The zero-order valence-electron chi connectivity index (χ0n) is 9.36. The molecule has 94 valence electrons. The molecule has 0 aliphatic carbocycles. The number of hydrogen-bond donors (Lipinski definition) is 1. The second-order valence-electron chi connectivity index (χ2n) is 3.42. The zero-order valence-corrected chi connectivity index (χ0v) is 11.8. The minimum absolute atomic E-state index is 0.388. The molecule has 0 bridgehead atoms. The van der Waals surface area contributed by atoms with E-state index in [9.17, 15) is 13.2 Å². The molecule has 0 aliphatic rings. The summed E-state index contributed by atoms with van der Waals surface area (Å²) < 4.78 is 30.4. The number of methoxy groups -OCH3 is 1. The Morgan fingerprint density at radius 3 is 2.65 bits per heavy atom. The van der Waals surface area contributed by atoms with Crippen LogP contribution in [0.4, 0.5) is 5.69 Å². The molecule has 17 heavy (non-hydrogen) atoms. The highest BCUT2D eigenvalue weighted by Crippen LogP contribution is 2.24. The molecule has 0 heterocycles. The highest BCUT2D eigenvalue weighted by molar-refractivity contribution is 9.10. The summed E-state index contributed by atoms with van der Waals surface area (Å²) in [6, 6.07) is 5.16. The monoisotopic (exact) mass is 321 g/mol. The number of rotatable bonds is 4. The maximum Gasteiger partial charge on any atom is 0.322 e. The molecule has 1 rings (SSSR count). The van der Waals surface area contributed by atoms with Gasteiger partial charge in [0.15, 0.2) is 5.75 Å². The van der Waals surface area contributed by atoms with Crippen molar-refractivity contribution in [1.82, 2.24) is 0 Å². The van der Waals surface area contributed by atoms with Gasteiger partial charge in [-0.25, -0.2) is 8.42 Å². The Morgan fingerprint density at radius 1 is 1.47 bits per heavy atom. The van der Waals surface area contributed by atoms with Gasteiger partial charge < -0.3 is 4.74 Å². The van der Waals surface area contributed by atoms with Crippen molar-refractivity contribution >= 4 is 37.6 Å². The number of nitrogens with one attached hydrogen (secondary N) is 1. The van der Waals surface area contributed by atoms with Crippen LogP contribution in [-0.2, 0) is 19.6 Å². The summed E-state index contributed by atoms with van der Waals surface area (Å²) in [5.41, 5.74) is 1.38. The third-order valence-corrected chi connectivity index (χ3v) is 3.73. The van der Waals surface area contributed by atoms with E-state index in [0.717, 1.165) is 12.7 Å². The Labute approximate surface area is 108 Å². The van der Waals surface area contributed by atoms with E-state index in [1.165, 1.54) is 0 Å². The highest BCUT2D eigenvalue weighted by atomic mass is 79.9. The average Bonchev–Trinajstić information content (AvgIpc) is 2.21. The topological polar surface area (TPSA) is 72.5 Å². The first kappa shape index (κ1) is 14.0. The van der Waals surface area contributed by atoms with Gasteiger partial charge in [0.25, 0.3) is 0 Å². The molecule has 0 saturated heterocycles. The molecule has 7 heteroatoms. The van der Waals surface area contributed by atoms with E-state index in [2.05, 4.69) is 25.4 Å². The lowest BCUT2D eigenvalue weighted by Gasteiger charge is -2.09. The molecule has 1 aromatic rings. The van der Waals surface area contributed by atoms with E-state index in [0.29, 0.717) is 10.2 Å². The number of anilines is 1. The summed E-state index contributed by atoms with van der Waals surface area (Å²) >= 11 is 3.24. The Morgan fingerprint density at radius 2 is 2.12 bits per heavy atom. The minimum Gasteiger partial charge on any atom is -0.468 e. The number of carbonyl (C=O) groups excluding carboxylic acids is 1. The second kappa shape index (κ2) is 5.50. The molecule has 0 aliphatic heterocycles. The van der Waals surface area contributed by atoms with Crippen LogP contribution < -0.4 is 4.72 Å². The normalized spacial score (nSPS) is 11.0. The van der Waals surface area contributed by atoms with E-state index >= 15 is 0 Å². The van der Waals surface area contributed by atoms with Gasteiger partial charge >= 0.3 is 5.97 Å². The largest absolute Gasteiger partial charge is 0.468 e. The van der Waals surface area contributed by atoms with E-state index in [1.54, 1.807) is 18.2 Å². The lowest BCUT2D eigenvalue weighted by Crippen LogP contribution is -2.23. The van der Waals surface area contributed by atoms with Crippen LogP contribution in [0.5, 0.6) is 0 Å². The molecule has 0 fully saturated rings. The van der Waals surface area contributed by atoms with E-state index < -0.39 is 21.7 Å². The summed E-state index contributed by atoms with van der Waals surface area (Å²) in [7, 11) is -2.60. The number of ether oxygens (including phenoxy) is 1. The predicted molar refractivity (Wildman–Crippen MR) is 68.3 cm³/mol. The molecule has 0 radical (unpaired) electrons. The first-order valence-electron chi connectivity index (χ1n) is 4.67. The molecule has 0 amide bonds. The Balaban J connectivity index is 2.87. The van der Waals surface area contributed by atoms with Gasteiger partial charge in [-0.2, -0.15) is 0 Å². The van der Waals surface area contributed by atoms with Crippen LogP contribution in [0, 0.1) is 6.92 Å². The van der Waals surface area contributed by atoms with Gasteiger partial charge in [-0.1, -0.05) is 6.07 Å². The molecular formula is C10H12BrNO4S. The number of carbonyl (C=O) groups is 1. The van der Waals surface area contributed by atoms with E-state index in [4.69, 9.17) is 0 Å². The van der Waals surface area contributed by atoms with Crippen LogP contribution in [0.1, 0.15) is 5.56 Å². The fourth-order valence-corrected chi connectivity index (χ4v) is 2.86. The summed E-state index contributed by atoms with van der Waals surface area (Å²) in [5, 5.41) is 0. The van der Waals surface area contributed by atoms with Gasteiger partial charge in [0.1, 0.15) is 0 Å². The van der Waals surface area contributed by atoms with Crippen molar-refractivity contribution in [3.05, 3.63) is 28.2 Å². The molecule has 0 aromatic heterocycles. The van der Waals surface area contributed by atoms with E-state index in [-0.39, 0.29) is 0 Å². The SMILES string of the molecule is COC(=O)CS(=O)(=O)Nc1ccc(C)cc1Br. The molecule has 0 saturated carbocycles. The zero-order chi connectivity index (χ0) is 13.1. The van der Waals surface area contributed by atoms with Crippen molar-refractivity contribution in [1.29, 1.82) is 0 Å². The van der Waals surface area contributed by atoms with Gasteiger partial charge in [0.05, 0.1) is 12.8 Å². The van der Waals surface area contributed by atoms with Crippen molar-refractivity contribution < 1.29 is 17.9 Å². The first-order chi connectivity index (χ1) is 7.84. The summed E-state index contributed by atoms with van der Waals surface area (Å²) in [4.78, 5) is 10.9. The lowest BCUT2D eigenvalue weighted by molar-refractivity contribution is -0.137. The third kappa shape index (κ3) is 4.35. The maximum atomic E-state index is 11.6. The van der Waals surface area contributed by atoms with Crippen molar-refractivity contribution in [2.24, 2.45) is 0 Å². The minimum atomic E-state index is -3.74. The lowest BCUT2D eigenvalue weighted by atomic mass is 10.2. The Hall–Kier alpha value is -1.08. The summed E-state index contributed by atoms with van der Waals surface area (Å²) in [5.74, 6) is -1.51. The third-order valence-electron chi connectivity index (χ3n) is 1.93. The van der Waals surface area contributed by atoms with Crippen molar-refractivity contribution in [2.75, 3.05) is 17.6 Å². The van der Waals surface area contributed by atoms with Crippen LogP contribution in [0.25, 0.3) is 0 Å². The van der Waals surface area contributed by atoms with Gasteiger partial charge in [0, 0.05) is 4.47 Å². The van der Waals surface area contributed by atoms with Crippen LogP contribution >= 0.6 is 15.9 Å². The van der Waals surface area contributed by atoms with Crippen molar-refractivity contribution in [2.45, 2.75) is 6.92 Å². The number of hydrogen-bond acceptors (Lipinski definition) is 4. The number of halogens is 1. The van der Waals surface area contributed by atoms with Crippen LogP contribution in [-0.4, -0.2) is 27.2 Å². The molecule has 0 atom stereocenters. The van der Waals surface area contributed by atoms with Gasteiger partial charge in [-0.3, -0.25) is 9.52 Å². The Bertz CT molecular complexity index is 527. The summed E-state index contributed by atoms with van der Waals surface area (Å²) in [6.45, 7) is 1.89. The molecule has 0 spiro atoms. The Kier molecular flexibility index (Phi) is 4.53. The maximum absolute atomic E-state index is 11.6. The van der Waals surface area contributed by atoms with Crippen molar-refractivity contribution in [3.8, 4) is 0 Å². The second-order valence-corrected chi connectivity index (χ2v) is 6.00. The fraction of sp³-hybridized carbons (Fsp3) is 0.300. The smallest absolute Gasteiger partial charge is 0.322 e. The predicted octanol–water partition coefficient (Wildman–Crippen LogP) is 1.67. The average molecular weight is 322 g/mol. The van der Waals surface area contributed by atoms with E-state index in [1.807, 2.05) is 6.92 Å². The number of aryl methyl sites for hydroxylation is 1. The first-order valence-corrected chi connectivity index (χ1v) is 7.12. The highest BCUT2D eigenvalue weighted by Gasteiger charge is 2.17. The molecule has 1 N–H and O–H groups in total. The number of benzene rings is 1. The fourth-order valence-electron chi connectivity index (χ4n) is 1.12. The van der Waals surface area contributed by atoms with Gasteiger partial charge in [-0.15, -0.1) is 0 Å². The molecule has 5 nitrogen and oxygen atoms in total. The molecule has 0 unspecified atom stereocenters. The van der Waals surface area contributed by atoms with Gasteiger partial charge in [-0.05, 0) is 40.5 Å². The molecule has 1 aromatic carbocycles. The summed E-state index contributed by atoms with van der Waals surface area (Å²) in [6.07, 6.45) is 0. The quantitative estimate of drug-likeness (QED) is 0.856.